The normalized spacial score (nSPS) is 29.3. The van der Waals surface area contributed by atoms with Crippen molar-refractivity contribution in [3.63, 3.8) is 0 Å². The van der Waals surface area contributed by atoms with Crippen LogP contribution in [0, 0.1) is 16.7 Å². The van der Waals surface area contributed by atoms with Crippen molar-refractivity contribution in [2.75, 3.05) is 26.2 Å². The first-order valence-corrected chi connectivity index (χ1v) is 5.86. The van der Waals surface area contributed by atoms with Crippen LogP contribution in [0.3, 0.4) is 0 Å². The molecule has 2 rings (SSSR count). The molecule has 1 saturated heterocycles. The Bertz CT molecular complexity index is 269. The monoisotopic (exact) mass is 210 g/mol. The summed E-state index contributed by atoms with van der Waals surface area (Å²) >= 11 is 0. The predicted molar refractivity (Wildman–Crippen MR) is 60.5 cm³/mol. The molecule has 2 aliphatic rings. The van der Waals surface area contributed by atoms with Gasteiger partial charge in [-0.05, 0) is 16.7 Å². The first-order chi connectivity index (χ1) is 6.87. The second-order valence-electron chi connectivity index (χ2n) is 6.01. The number of rotatable bonds is 2. The third-order valence-electron chi connectivity index (χ3n) is 4.91. The van der Waals surface area contributed by atoms with Crippen molar-refractivity contribution in [2.24, 2.45) is 16.7 Å². The Morgan fingerprint density at radius 2 is 1.93 bits per heavy atom. The van der Waals surface area contributed by atoms with E-state index in [-0.39, 0.29) is 5.91 Å². The Kier molecular flexibility index (Phi) is 2.34. The maximum absolute atomic E-state index is 11.6. The van der Waals surface area contributed by atoms with Gasteiger partial charge in [0, 0.05) is 19.6 Å². The van der Waals surface area contributed by atoms with Crippen LogP contribution in [0.2, 0.25) is 0 Å². The Labute approximate surface area is 92.2 Å². The Morgan fingerprint density at radius 1 is 1.33 bits per heavy atom. The highest BCUT2D eigenvalue weighted by Gasteiger charge is 2.64. The topological polar surface area (TPSA) is 32.3 Å². The standard InChI is InChI=1S/C12H22N2O/c1-11(2)9(12(11,3)4)8-14-6-5-13-7-10(14)15/h9,13H,5-8H2,1-4H3. The van der Waals surface area contributed by atoms with Crippen LogP contribution in [-0.4, -0.2) is 37.0 Å². The molecule has 1 aliphatic heterocycles. The van der Waals surface area contributed by atoms with E-state index in [0.29, 0.717) is 23.3 Å². The molecule has 0 aromatic carbocycles. The van der Waals surface area contributed by atoms with Crippen LogP contribution in [-0.2, 0) is 4.79 Å². The van der Waals surface area contributed by atoms with Gasteiger partial charge in [0.25, 0.3) is 0 Å². The second-order valence-corrected chi connectivity index (χ2v) is 6.01. The molecule has 1 amide bonds. The maximum Gasteiger partial charge on any atom is 0.236 e. The van der Waals surface area contributed by atoms with E-state index in [9.17, 15) is 4.79 Å². The second kappa shape index (κ2) is 3.21. The number of nitrogens with one attached hydrogen (secondary N) is 1. The summed E-state index contributed by atoms with van der Waals surface area (Å²) < 4.78 is 0. The summed E-state index contributed by atoms with van der Waals surface area (Å²) in [5.41, 5.74) is 0.774. The first kappa shape index (κ1) is 10.9. The number of hydrogen-bond donors (Lipinski definition) is 1. The lowest BCUT2D eigenvalue weighted by Gasteiger charge is -2.28. The quantitative estimate of drug-likeness (QED) is 0.740. The third kappa shape index (κ3) is 1.57. The lowest BCUT2D eigenvalue weighted by Crippen LogP contribution is -2.49. The van der Waals surface area contributed by atoms with Crippen LogP contribution in [0.1, 0.15) is 27.7 Å². The molecule has 0 aromatic rings. The SMILES string of the molecule is CC1(C)C(CN2CCNCC2=O)C1(C)C. The van der Waals surface area contributed by atoms with E-state index < -0.39 is 0 Å². The average molecular weight is 210 g/mol. The molecule has 1 N–H and O–H groups in total. The highest BCUT2D eigenvalue weighted by molar-refractivity contribution is 5.79. The molecule has 1 saturated carbocycles. The van der Waals surface area contributed by atoms with Crippen LogP contribution in [0.5, 0.6) is 0 Å². The molecule has 3 heteroatoms. The van der Waals surface area contributed by atoms with Crippen molar-refractivity contribution in [1.29, 1.82) is 0 Å². The van der Waals surface area contributed by atoms with Gasteiger partial charge in [0.05, 0.1) is 6.54 Å². The minimum atomic E-state index is 0.264. The molecule has 0 atom stereocenters. The molecule has 0 radical (unpaired) electrons. The molecular weight excluding hydrogens is 188 g/mol. The highest BCUT2D eigenvalue weighted by Crippen LogP contribution is 2.68. The molecular formula is C12H22N2O. The largest absolute Gasteiger partial charge is 0.340 e. The van der Waals surface area contributed by atoms with E-state index in [0.717, 1.165) is 19.6 Å². The first-order valence-electron chi connectivity index (χ1n) is 5.86. The molecule has 0 aromatic heterocycles. The minimum absolute atomic E-state index is 0.264. The summed E-state index contributed by atoms with van der Waals surface area (Å²) in [7, 11) is 0. The third-order valence-corrected chi connectivity index (χ3v) is 4.91. The molecule has 1 aliphatic carbocycles. The Morgan fingerprint density at radius 3 is 2.40 bits per heavy atom. The summed E-state index contributed by atoms with van der Waals surface area (Å²) in [4.78, 5) is 13.7. The van der Waals surface area contributed by atoms with Gasteiger partial charge in [-0.15, -0.1) is 0 Å². The van der Waals surface area contributed by atoms with Crippen LogP contribution >= 0.6 is 0 Å². The van der Waals surface area contributed by atoms with Gasteiger partial charge in [-0.1, -0.05) is 27.7 Å². The van der Waals surface area contributed by atoms with E-state index in [1.165, 1.54) is 0 Å². The lowest BCUT2D eigenvalue weighted by molar-refractivity contribution is -0.132. The number of piperazine rings is 1. The fourth-order valence-corrected chi connectivity index (χ4v) is 2.85. The van der Waals surface area contributed by atoms with Crippen molar-refractivity contribution in [2.45, 2.75) is 27.7 Å². The number of carbonyl (C=O) groups is 1. The molecule has 0 bridgehead atoms. The van der Waals surface area contributed by atoms with Crippen molar-refractivity contribution >= 4 is 5.91 Å². The van der Waals surface area contributed by atoms with Crippen LogP contribution < -0.4 is 5.32 Å². The summed E-state index contributed by atoms with van der Waals surface area (Å²) in [5.74, 6) is 0.923. The van der Waals surface area contributed by atoms with Crippen LogP contribution in [0.25, 0.3) is 0 Å². The van der Waals surface area contributed by atoms with Gasteiger partial charge < -0.3 is 10.2 Å². The van der Waals surface area contributed by atoms with Gasteiger partial charge >= 0.3 is 0 Å². The summed E-state index contributed by atoms with van der Waals surface area (Å²) in [6.45, 7) is 12.5. The van der Waals surface area contributed by atoms with Crippen LogP contribution in [0.4, 0.5) is 0 Å². The maximum atomic E-state index is 11.6. The fraction of sp³-hybridized carbons (Fsp3) is 0.917. The Balaban J connectivity index is 1.96. The van der Waals surface area contributed by atoms with E-state index in [2.05, 4.69) is 33.0 Å². The summed E-state index contributed by atoms with van der Waals surface area (Å²) in [6, 6.07) is 0. The molecule has 0 spiro atoms. The molecule has 15 heavy (non-hydrogen) atoms. The van der Waals surface area contributed by atoms with Gasteiger partial charge in [-0.2, -0.15) is 0 Å². The number of amides is 1. The van der Waals surface area contributed by atoms with Gasteiger partial charge in [0.15, 0.2) is 0 Å². The number of carbonyl (C=O) groups excluding carboxylic acids is 1. The van der Waals surface area contributed by atoms with Crippen molar-refractivity contribution in [3.8, 4) is 0 Å². The van der Waals surface area contributed by atoms with E-state index in [4.69, 9.17) is 0 Å². The van der Waals surface area contributed by atoms with Gasteiger partial charge in [0.2, 0.25) is 5.91 Å². The average Bonchev–Trinajstić information content (AvgIpc) is 2.51. The molecule has 2 fully saturated rings. The zero-order valence-electron chi connectivity index (χ0n) is 10.3. The zero-order valence-corrected chi connectivity index (χ0v) is 10.3. The fourth-order valence-electron chi connectivity index (χ4n) is 2.85. The molecule has 3 nitrogen and oxygen atoms in total. The molecule has 0 unspecified atom stereocenters. The zero-order chi connectivity index (χ0) is 11.3. The van der Waals surface area contributed by atoms with Crippen molar-refractivity contribution in [1.82, 2.24) is 10.2 Å². The van der Waals surface area contributed by atoms with Crippen LogP contribution in [0.15, 0.2) is 0 Å². The predicted octanol–water partition coefficient (Wildman–Crippen LogP) is 1.10. The smallest absolute Gasteiger partial charge is 0.236 e. The van der Waals surface area contributed by atoms with Gasteiger partial charge in [-0.25, -0.2) is 0 Å². The van der Waals surface area contributed by atoms with Crippen molar-refractivity contribution < 1.29 is 4.79 Å². The van der Waals surface area contributed by atoms with E-state index >= 15 is 0 Å². The number of hydrogen-bond acceptors (Lipinski definition) is 2. The van der Waals surface area contributed by atoms with Crippen molar-refractivity contribution in [3.05, 3.63) is 0 Å². The lowest BCUT2D eigenvalue weighted by atomic mass is 10.0. The minimum Gasteiger partial charge on any atom is -0.340 e. The highest BCUT2D eigenvalue weighted by atomic mass is 16.2. The molecule has 86 valence electrons. The van der Waals surface area contributed by atoms with Gasteiger partial charge in [0.1, 0.15) is 0 Å². The van der Waals surface area contributed by atoms with Gasteiger partial charge in [-0.3, -0.25) is 4.79 Å². The van der Waals surface area contributed by atoms with E-state index in [1.807, 2.05) is 4.90 Å². The Hall–Kier alpha value is -0.570. The molecule has 1 heterocycles. The number of nitrogens with zero attached hydrogens (tertiary/aromatic N) is 1. The summed E-state index contributed by atoms with van der Waals surface area (Å²) in [5, 5.41) is 3.11. The van der Waals surface area contributed by atoms with E-state index in [1.54, 1.807) is 0 Å². The summed E-state index contributed by atoms with van der Waals surface area (Å²) in [6.07, 6.45) is 0.